The molecule has 0 heterocycles. The highest BCUT2D eigenvalue weighted by molar-refractivity contribution is 5.67. The molecule has 0 spiro atoms. The first kappa shape index (κ1) is 5.39. The van der Waals surface area contributed by atoms with Gasteiger partial charge in [-0.05, 0) is 0 Å². The van der Waals surface area contributed by atoms with E-state index in [0.29, 0.717) is 0 Å². The predicted molar refractivity (Wildman–Crippen MR) is 13.2 cm³/mol. The molecule has 0 bridgehead atoms. The van der Waals surface area contributed by atoms with Gasteiger partial charge in [-0.3, -0.25) is 0 Å². The van der Waals surface area contributed by atoms with Crippen LogP contribution in [0, 0.1) is 0 Å². The minimum absolute atomic E-state index is 1.88. The monoisotopic (exact) mass is 91.0 g/mol. The van der Waals surface area contributed by atoms with Crippen molar-refractivity contribution in [3.63, 3.8) is 0 Å². The zero-order valence-corrected chi connectivity index (χ0v) is 2.79. The van der Waals surface area contributed by atoms with Crippen LogP contribution in [0.3, 0.4) is 0 Å². The highest BCUT2D eigenvalue weighted by Gasteiger charge is 1.91. The molecule has 0 saturated heterocycles. The molecule has 0 aliphatic heterocycles. The quantitative estimate of drug-likeness (QED) is 0.338. The van der Waals surface area contributed by atoms with Crippen LogP contribution in [0.25, 0.3) is 0 Å². The van der Waals surface area contributed by atoms with Crippen molar-refractivity contribution < 1.29 is 20.1 Å². The SMILES string of the molecule is O=C([O-])C(O)O. The molecule has 0 aliphatic rings. The van der Waals surface area contributed by atoms with Crippen molar-refractivity contribution in [3.8, 4) is 0 Å². The van der Waals surface area contributed by atoms with Crippen LogP contribution in [0.15, 0.2) is 0 Å². The van der Waals surface area contributed by atoms with Gasteiger partial charge in [0.2, 0.25) is 0 Å². The molecule has 0 rings (SSSR count). The van der Waals surface area contributed by atoms with Gasteiger partial charge in [-0.25, -0.2) is 0 Å². The summed E-state index contributed by atoms with van der Waals surface area (Å²) in [4.78, 5) is 9.09. The lowest BCUT2D eigenvalue weighted by Crippen LogP contribution is -2.34. The topological polar surface area (TPSA) is 80.6 Å². The average Bonchev–Trinajstić information content (AvgIpc) is 1.36. The maximum absolute atomic E-state index is 9.09. The van der Waals surface area contributed by atoms with E-state index in [-0.39, 0.29) is 0 Å². The fourth-order valence-electron chi connectivity index (χ4n) is 0. The van der Waals surface area contributed by atoms with Crippen molar-refractivity contribution in [3.05, 3.63) is 0 Å². The molecule has 0 amide bonds. The second-order valence-corrected chi connectivity index (χ2v) is 0.693. The summed E-state index contributed by atoms with van der Waals surface area (Å²) in [6.45, 7) is 0. The lowest BCUT2D eigenvalue weighted by atomic mass is 10.7. The van der Waals surface area contributed by atoms with E-state index in [1.807, 2.05) is 0 Å². The van der Waals surface area contributed by atoms with Crippen molar-refractivity contribution in [2.24, 2.45) is 0 Å². The summed E-state index contributed by atoms with van der Waals surface area (Å²) in [7, 11) is 0. The second-order valence-electron chi connectivity index (χ2n) is 0.693. The largest absolute Gasteiger partial charge is 0.545 e. The molecule has 0 atom stereocenters. The molecule has 0 aromatic rings. The van der Waals surface area contributed by atoms with Crippen LogP contribution in [0.2, 0.25) is 0 Å². The minimum Gasteiger partial charge on any atom is -0.545 e. The smallest absolute Gasteiger partial charge is 0.193 e. The summed E-state index contributed by atoms with van der Waals surface area (Å²) in [5.41, 5.74) is 0. The van der Waals surface area contributed by atoms with Crippen molar-refractivity contribution >= 4 is 5.97 Å². The number of aliphatic hydroxyl groups excluding tert-OH is 1. The summed E-state index contributed by atoms with van der Waals surface area (Å²) in [5, 5.41) is 24.1. The van der Waals surface area contributed by atoms with E-state index >= 15 is 0 Å². The van der Waals surface area contributed by atoms with Gasteiger partial charge >= 0.3 is 0 Å². The van der Waals surface area contributed by atoms with E-state index in [9.17, 15) is 0 Å². The molecule has 36 valence electrons. The summed E-state index contributed by atoms with van der Waals surface area (Å²) >= 11 is 0. The van der Waals surface area contributed by atoms with Gasteiger partial charge in [-0.2, -0.15) is 0 Å². The molecule has 0 aromatic heterocycles. The van der Waals surface area contributed by atoms with E-state index < -0.39 is 12.3 Å². The first-order valence-corrected chi connectivity index (χ1v) is 1.21. The van der Waals surface area contributed by atoms with Crippen molar-refractivity contribution in [1.29, 1.82) is 0 Å². The summed E-state index contributed by atoms with van der Waals surface area (Å²) in [5.74, 6) is -1.88. The van der Waals surface area contributed by atoms with Gasteiger partial charge in [-0.1, -0.05) is 0 Å². The highest BCUT2D eigenvalue weighted by Crippen LogP contribution is 1.62. The van der Waals surface area contributed by atoms with E-state index in [4.69, 9.17) is 20.1 Å². The standard InChI is InChI=1S/C2H4O4/c3-1(4)2(5)6/h1,3-4H,(H,5,6)/p-1. The Balaban J connectivity index is 3.26. The second kappa shape index (κ2) is 1.74. The van der Waals surface area contributed by atoms with Crippen LogP contribution in [0.1, 0.15) is 0 Å². The highest BCUT2D eigenvalue weighted by atomic mass is 16.5. The van der Waals surface area contributed by atoms with Crippen LogP contribution in [-0.4, -0.2) is 22.5 Å². The number of carboxylic acids is 1. The molecule has 4 heteroatoms. The van der Waals surface area contributed by atoms with Gasteiger partial charge in [0.1, 0.15) is 0 Å². The molecule has 0 aliphatic carbocycles. The van der Waals surface area contributed by atoms with Crippen LogP contribution in [0.4, 0.5) is 0 Å². The Morgan fingerprint density at radius 1 is 1.67 bits per heavy atom. The summed E-state index contributed by atoms with van der Waals surface area (Å²) in [6.07, 6.45) is -2.34. The lowest BCUT2D eigenvalue weighted by Gasteiger charge is -1.99. The van der Waals surface area contributed by atoms with Crippen LogP contribution in [-0.2, 0) is 4.79 Å². The first-order valence-electron chi connectivity index (χ1n) is 1.21. The van der Waals surface area contributed by atoms with Crippen LogP contribution >= 0.6 is 0 Å². The predicted octanol–water partition coefficient (Wildman–Crippen LogP) is -2.95. The zero-order chi connectivity index (χ0) is 5.15. The Bertz CT molecular complexity index is 56.6. The number of carbonyl (C=O) groups is 1. The van der Waals surface area contributed by atoms with Gasteiger partial charge in [0.05, 0.1) is 5.97 Å². The van der Waals surface area contributed by atoms with Gasteiger partial charge in [0.15, 0.2) is 6.29 Å². The normalized spacial score (nSPS) is 9.17. The van der Waals surface area contributed by atoms with Crippen molar-refractivity contribution in [2.75, 3.05) is 0 Å². The van der Waals surface area contributed by atoms with Gasteiger partial charge in [0.25, 0.3) is 0 Å². The number of carboxylic acid groups (broad SMARTS) is 1. The van der Waals surface area contributed by atoms with Gasteiger partial charge in [0, 0.05) is 0 Å². The number of rotatable bonds is 1. The third kappa shape index (κ3) is 1.68. The van der Waals surface area contributed by atoms with E-state index in [1.54, 1.807) is 0 Å². The van der Waals surface area contributed by atoms with Gasteiger partial charge in [-0.15, -0.1) is 0 Å². The number of aliphatic carboxylic acids is 1. The molecule has 0 radical (unpaired) electrons. The van der Waals surface area contributed by atoms with Crippen molar-refractivity contribution in [2.45, 2.75) is 6.29 Å². The Hall–Kier alpha value is -0.610. The minimum atomic E-state index is -2.34. The number of hydrogen-bond donors (Lipinski definition) is 2. The lowest BCUT2D eigenvalue weighted by molar-refractivity contribution is -0.327. The fraction of sp³-hybridized carbons (Fsp3) is 0.500. The molecule has 0 fully saturated rings. The molecule has 0 aromatic carbocycles. The Labute approximate surface area is 33.6 Å². The Morgan fingerprint density at radius 3 is 1.83 bits per heavy atom. The Morgan fingerprint density at radius 2 is 1.83 bits per heavy atom. The summed E-state index contributed by atoms with van der Waals surface area (Å²) in [6, 6.07) is 0. The molecule has 0 saturated carbocycles. The summed E-state index contributed by atoms with van der Waals surface area (Å²) < 4.78 is 0. The molecular formula is C2H3O4-. The fourth-order valence-corrected chi connectivity index (χ4v) is 0. The number of carbonyl (C=O) groups excluding carboxylic acids is 1. The Kier molecular flexibility index (Phi) is 1.56. The van der Waals surface area contributed by atoms with E-state index in [0.717, 1.165) is 0 Å². The number of hydrogen-bond acceptors (Lipinski definition) is 4. The van der Waals surface area contributed by atoms with E-state index in [2.05, 4.69) is 0 Å². The third-order valence-corrected chi connectivity index (χ3v) is 0.211. The molecule has 6 heavy (non-hydrogen) atoms. The maximum Gasteiger partial charge on any atom is 0.193 e. The van der Waals surface area contributed by atoms with Crippen LogP contribution in [0.5, 0.6) is 0 Å². The van der Waals surface area contributed by atoms with Crippen molar-refractivity contribution in [1.82, 2.24) is 0 Å². The third-order valence-electron chi connectivity index (χ3n) is 0.211. The number of aliphatic hydroxyl groups is 2. The average molecular weight is 91.0 g/mol. The molecule has 4 nitrogen and oxygen atoms in total. The molecule has 2 N–H and O–H groups in total. The molecule has 0 unspecified atom stereocenters. The van der Waals surface area contributed by atoms with E-state index in [1.165, 1.54) is 0 Å². The van der Waals surface area contributed by atoms with Crippen LogP contribution < -0.4 is 5.11 Å². The molecular weight excluding hydrogens is 88.0 g/mol. The maximum atomic E-state index is 9.09. The first-order chi connectivity index (χ1) is 2.64. The van der Waals surface area contributed by atoms with Gasteiger partial charge < -0.3 is 20.1 Å². The zero-order valence-electron chi connectivity index (χ0n) is 2.79.